The third-order valence-electron chi connectivity index (χ3n) is 4.93. The summed E-state index contributed by atoms with van der Waals surface area (Å²) in [6.45, 7) is 3.27. The summed E-state index contributed by atoms with van der Waals surface area (Å²) in [6, 6.07) is 0.997. The van der Waals surface area contributed by atoms with E-state index in [1.54, 1.807) is 0 Å². The van der Waals surface area contributed by atoms with Gasteiger partial charge < -0.3 is 0 Å². The Morgan fingerprint density at radius 1 is 1.14 bits per heavy atom. The molecule has 156 valence electrons. The van der Waals surface area contributed by atoms with Gasteiger partial charge in [0.05, 0.1) is 12.2 Å². The maximum absolute atomic E-state index is 13.2. The molecule has 0 aromatic carbocycles. The molecule has 0 bridgehead atoms. The van der Waals surface area contributed by atoms with Crippen molar-refractivity contribution in [2.75, 3.05) is 0 Å². The molecule has 0 amide bonds. The monoisotopic (exact) mass is 436 g/mol. The van der Waals surface area contributed by atoms with Crippen molar-refractivity contribution in [3.63, 3.8) is 0 Å². The number of hydrogen-bond donors (Lipinski definition) is 0. The first-order valence-electron chi connectivity index (χ1n) is 8.54. The molecule has 0 saturated heterocycles. The van der Waals surface area contributed by atoms with Crippen LogP contribution in [0.15, 0.2) is 16.9 Å². The van der Waals surface area contributed by atoms with Crippen LogP contribution in [-0.2, 0) is 30.7 Å². The van der Waals surface area contributed by atoms with Crippen molar-refractivity contribution in [1.82, 2.24) is 19.2 Å². The van der Waals surface area contributed by atoms with Crippen molar-refractivity contribution >= 4 is 16.3 Å². The van der Waals surface area contributed by atoms with Crippen LogP contribution in [-0.4, -0.2) is 19.2 Å². The van der Waals surface area contributed by atoms with Crippen molar-refractivity contribution in [3.05, 3.63) is 50.1 Å². The maximum atomic E-state index is 13.2. The van der Waals surface area contributed by atoms with E-state index in [9.17, 15) is 31.1 Å². The lowest BCUT2D eigenvalue weighted by Crippen LogP contribution is -2.24. The minimum Gasteiger partial charge on any atom is -0.269 e. The van der Waals surface area contributed by atoms with Crippen LogP contribution in [0, 0.1) is 0 Å². The molecule has 0 radical (unpaired) electrons. The number of aromatic nitrogens is 4. The summed E-state index contributed by atoms with van der Waals surface area (Å²) in [5.74, 6) is 0. The van der Waals surface area contributed by atoms with Gasteiger partial charge in [-0.05, 0) is 12.8 Å². The molecule has 3 aromatic rings. The minimum absolute atomic E-state index is 0.0480. The smallest absolute Gasteiger partial charge is 0.269 e. The maximum Gasteiger partial charge on any atom is 0.435 e. The fraction of sp³-hybridized carbons (Fsp3) is 0.471. The topological polar surface area (TPSA) is 52.2 Å². The fourth-order valence-electron chi connectivity index (χ4n) is 3.60. The Morgan fingerprint density at radius 2 is 1.83 bits per heavy atom. The van der Waals surface area contributed by atoms with Gasteiger partial charge in [0.2, 0.25) is 0 Å². The number of rotatable bonds is 2. The number of fused-ring (bicyclic) bond motifs is 3. The highest BCUT2D eigenvalue weighted by Gasteiger charge is 2.42. The van der Waals surface area contributed by atoms with Gasteiger partial charge in [-0.2, -0.15) is 31.4 Å². The molecule has 1 aliphatic rings. The lowest BCUT2D eigenvalue weighted by atomic mass is 9.91. The highest BCUT2D eigenvalue weighted by molar-refractivity contribution is 7.17. The Balaban J connectivity index is 1.80. The van der Waals surface area contributed by atoms with Crippen LogP contribution >= 0.6 is 11.3 Å². The van der Waals surface area contributed by atoms with Crippen molar-refractivity contribution in [2.24, 2.45) is 0 Å². The van der Waals surface area contributed by atoms with Gasteiger partial charge in [0.15, 0.2) is 10.7 Å². The first-order chi connectivity index (χ1) is 13.3. The largest absolute Gasteiger partial charge is 0.435 e. The van der Waals surface area contributed by atoms with Crippen molar-refractivity contribution in [2.45, 2.75) is 51.0 Å². The van der Waals surface area contributed by atoms with Crippen LogP contribution in [0.5, 0.6) is 0 Å². The zero-order chi connectivity index (χ0) is 21.4. The van der Waals surface area contributed by atoms with E-state index in [2.05, 4.69) is 10.1 Å². The van der Waals surface area contributed by atoms with Crippen LogP contribution in [0.3, 0.4) is 0 Å². The van der Waals surface area contributed by atoms with Crippen LogP contribution < -0.4 is 5.56 Å². The molecule has 0 spiro atoms. The minimum atomic E-state index is -5.04. The van der Waals surface area contributed by atoms with Crippen molar-refractivity contribution < 1.29 is 26.3 Å². The van der Waals surface area contributed by atoms with E-state index in [1.165, 1.54) is 15.7 Å². The van der Waals surface area contributed by atoms with Crippen LogP contribution in [0.2, 0.25) is 0 Å². The van der Waals surface area contributed by atoms with Gasteiger partial charge in [-0.15, -0.1) is 11.3 Å². The summed E-state index contributed by atoms with van der Waals surface area (Å²) < 4.78 is 79.6. The Bertz CT molecular complexity index is 1170. The second-order valence-corrected chi connectivity index (χ2v) is 8.59. The molecule has 12 heteroatoms. The van der Waals surface area contributed by atoms with Crippen molar-refractivity contribution in [1.29, 1.82) is 0 Å². The number of hydrogen-bond acceptors (Lipinski definition) is 4. The molecular weight excluding hydrogens is 422 g/mol. The lowest BCUT2D eigenvalue weighted by Gasteiger charge is -2.18. The lowest BCUT2D eigenvalue weighted by molar-refractivity contribution is -0.144. The second-order valence-electron chi connectivity index (χ2n) is 7.53. The summed E-state index contributed by atoms with van der Waals surface area (Å²) in [7, 11) is 0. The molecule has 4 rings (SSSR count). The highest BCUT2D eigenvalue weighted by atomic mass is 32.1. The zero-order valence-electron chi connectivity index (χ0n) is 15.1. The highest BCUT2D eigenvalue weighted by Crippen LogP contribution is 2.42. The van der Waals surface area contributed by atoms with E-state index >= 15 is 0 Å². The molecule has 0 aliphatic heterocycles. The summed E-state index contributed by atoms with van der Waals surface area (Å²) in [5.41, 5.74) is -3.19. The Kier molecular flexibility index (Phi) is 4.17. The summed E-state index contributed by atoms with van der Waals surface area (Å²) in [4.78, 5) is 18.2. The predicted octanol–water partition coefficient (Wildman–Crippen LogP) is 4.26. The predicted molar refractivity (Wildman–Crippen MR) is 92.0 cm³/mol. The van der Waals surface area contributed by atoms with E-state index in [0.29, 0.717) is 4.96 Å². The molecule has 0 fully saturated rings. The zero-order valence-corrected chi connectivity index (χ0v) is 16.0. The van der Waals surface area contributed by atoms with E-state index < -0.39 is 35.8 Å². The normalized spacial score (nSPS) is 16.6. The Labute approximate surface area is 163 Å². The van der Waals surface area contributed by atoms with E-state index in [-0.39, 0.29) is 21.9 Å². The second kappa shape index (κ2) is 6.07. The van der Waals surface area contributed by atoms with Gasteiger partial charge in [-0.25, -0.2) is 4.98 Å². The SMILES string of the molecule is CC1(C)CCc2sc3nc(Cn4nc(C(F)(F)F)cc4C(F)(F)F)cc(=O)n3c21. The quantitative estimate of drug-likeness (QED) is 0.564. The van der Waals surface area contributed by atoms with Crippen molar-refractivity contribution in [3.8, 4) is 0 Å². The number of aryl methyl sites for hydroxylation is 1. The average molecular weight is 436 g/mol. The van der Waals surface area contributed by atoms with Crippen LogP contribution in [0.1, 0.15) is 47.9 Å². The van der Waals surface area contributed by atoms with E-state index in [1.807, 2.05) is 13.8 Å². The van der Waals surface area contributed by atoms with Crippen LogP contribution in [0.25, 0.3) is 4.96 Å². The summed E-state index contributed by atoms with van der Waals surface area (Å²) in [6.07, 6.45) is -8.44. The average Bonchev–Trinajstić information content (AvgIpc) is 3.20. The third-order valence-corrected chi connectivity index (χ3v) is 6.03. The molecule has 0 N–H and O–H groups in total. The van der Waals surface area contributed by atoms with Gasteiger partial charge in [0.1, 0.15) is 5.69 Å². The molecule has 0 unspecified atom stereocenters. The number of halogens is 6. The van der Waals surface area contributed by atoms with Crippen LogP contribution in [0.4, 0.5) is 26.3 Å². The summed E-state index contributed by atoms with van der Waals surface area (Å²) in [5, 5.41) is 3.05. The Morgan fingerprint density at radius 3 is 2.45 bits per heavy atom. The molecule has 3 aromatic heterocycles. The number of thiazole rings is 1. The van der Waals surface area contributed by atoms with Gasteiger partial charge in [0.25, 0.3) is 5.56 Å². The number of alkyl halides is 6. The molecule has 0 atom stereocenters. The van der Waals surface area contributed by atoms with Gasteiger partial charge in [-0.1, -0.05) is 13.8 Å². The fourth-order valence-corrected chi connectivity index (χ4v) is 4.92. The number of nitrogens with zero attached hydrogens (tertiary/aromatic N) is 4. The first-order valence-corrected chi connectivity index (χ1v) is 9.36. The molecule has 5 nitrogen and oxygen atoms in total. The molecular formula is C17H14F6N4OS. The van der Waals surface area contributed by atoms with Gasteiger partial charge in [-0.3, -0.25) is 13.9 Å². The van der Waals surface area contributed by atoms with Gasteiger partial charge in [0, 0.05) is 28.1 Å². The first kappa shape index (κ1) is 19.9. The Hall–Kier alpha value is -2.37. The molecule has 1 aliphatic carbocycles. The van der Waals surface area contributed by atoms with E-state index in [0.717, 1.165) is 29.5 Å². The standard InChI is InChI=1S/C17H14F6N4OS/c1-15(2)4-3-9-13(15)27-12(28)5-8(24-14(27)29-9)7-26-11(17(21,22)23)6-10(25-26)16(18,19)20/h5-6H,3-4,7H2,1-2H3. The summed E-state index contributed by atoms with van der Waals surface area (Å²) >= 11 is 1.27. The molecule has 29 heavy (non-hydrogen) atoms. The van der Waals surface area contributed by atoms with E-state index in [4.69, 9.17) is 0 Å². The molecule has 3 heterocycles. The third kappa shape index (κ3) is 3.32. The van der Waals surface area contributed by atoms with Gasteiger partial charge >= 0.3 is 12.4 Å². The molecule has 0 saturated carbocycles.